The Morgan fingerprint density at radius 1 is 0.714 bits per heavy atom. The molecular weight excluding hydrogens is 344 g/mol. The number of nitrogens with zero attached hydrogens (tertiary/aromatic N) is 1. The van der Waals surface area contributed by atoms with E-state index in [9.17, 15) is 0 Å². The van der Waals surface area contributed by atoms with Crippen LogP contribution in [0.15, 0.2) is 24.3 Å². The number of ether oxygens (including phenoxy) is 1. The molecule has 0 radical (unpaired) electrons. The lowest BCUT2D eigenvalue weighted by Crippen LogP contribution is -1.97. The molecule has 0 saturated carbocycles. The van der Waals surface area contributed by atoms with Gasteiger partial charge >= 0.3 is 0 Å². The fourth-order valence-electron chi connectivity index (χ4n) is 3.82. The summed E-state index contributed by atoms with van der Waals surface area (Å²) in [6, 6.07) is 8.13. The van der Waals surface area contributed by atoms with Crippen LogP contribution in [0.3, 0.4) is 0 Å². The maximum Gasteiger partial charge on any atom is 0.133 e. The number of imidazole rings is 1. The van der Waals surface area contributed by atoms with Crippen molar-refractivity contribution in [3.05, 3.63) is 30.1 Å². The Bertz CT molecular complexity index is 574. The number of H-pyrrole nitrogens is 1. The summed E-state index contributed by atoms with van der Waals surface area (Å²) in [5.41, 5.74) is 2.11. The van der Waals surface area contributed by atoms with Crippen LogP contribution in [-0.4, -0.2) is 16.6 Å². The SMILES string of the molecule is CCCCCCCCCCCCCCCCCOCc1nc2ccccc2[nH]1. The highest BCUT2D eigenvalue weighted by Crippen LogP contribution is 2.14. The summed E-state index contributed by atoms with van der Waals surface area (Å²) in [6.07, 6.45) is 21.0. The fourth-order valence-corrected chi connectivity index (χ4v) is 3.82. The van der Waals surface area contributed by atoms with E-state index in [0.29, 0.717) is 6.61 Å². The van der Waals surface area contributed by atoms with Crippen molar-refractivity contribution in [3.63, 3.8) is 0 Å². The standard InChI is InChI=1S/C25H42N2O/c1-2-3-4-5-6-7-8-9-10-11-12-13-14-15-18-21-28-22-25-26-23-19-16-17-20-24(23)27-25/h16-17,19-20H,2-15,18,21-22H2,1H3,(H,26,27). The predicted octanol–water partition coefficient (Wildman–Crippen LogP) is 7.95. The fraction of sp³-hybridized carbons (Fsp3) is 0.720. The second kappa shape index (κ2) is 15.6. The van der Waals surface area contributed by atoms with Crippen molar-refractivity contribution in [1.82, 2.24) is 9.97 Å². The van der Waals surface area contributed by atoms with Gasteiger partial charge in [-0.3, -0.25) is 0 Å². The van der Waals surface area contributed by atoms with Crippen molar-refractivity contribution in [3.8, 4) is 0 Å². The third-order valence-electron chi connectivity index (χ3n) is 5.57. The zero-order chi connectivity index (χ0) is 19.7. The van der Waals surface area contributed by atoms with E-state index < -0.39 is 0 Å². The topological polar surface area (TPSA) is 37.9 Å². The van der Waals surface area contributed by atoms with E-state index in [2.05, 4.69) is 23.0 Å². The van der Waals surface area contributed by atoms with Crippen molar-refractivity contribution in [2.45, 2.75) is 110 Å². The van der Waals surface area contributed by atoms with Crippen molar-refractivity contribution < 1.29 is 4.74 Å². The van der Waals surface area contributed by atoms with Crippen LogP contribution in [-0.2, 0) is 11.3 Å². The molecule has 158 valence electrons. The number of nitrogens with one attached hydrogen (secondary N) is 1. The summed E-state index contributed by atoms with van der Waals surface area (Å²) in [7, 11) is 0. The minimum Gasteiger partial charge on any atom is -0.374 e. The summed E-state index contributed by atoms with van der Waals surface area (Å²) in [6.45, 7) is 3.72. The highest BCUT2D eigenvalue weighted by molar-refractivity contribution is 5.74. The van der Waals surface area contributed by atoms with Gasteiger partial charge in [0.15, 0.2) is 0 Å². The molecule has 3 nitrogen and oxygen atoms in total. The molecule has 0 unspecified atom stereocenters. The van der Waals surface area contributed by atoms with E-state index in [4.69, 9.17) is 4.74 Å². The van der Waals surface area contributed by atoms with Gasteiger partial charge in [-0.2, -0.15) is 0 Å². The molecule has 1 aromatic carbocycles. The first-order valence-corrected chi connectivity index (χ1v) is 11.9. The van der Waals surface area contributed by atoms with E-state index in [0.717, 1.165) is 29.9 Å². The van der Waals surface area contributed by atoms with Crippen molar-refractivity contribution >= 4 is 11.0 Å². The van der Waals surface area contributed by atoms with Gasteiger partial charge in [-0.05, 0) is 18.6 Å². The number of fused-ring (bicyclic) bond motifs is 1. The molecule has 0 spiro atoms. The van der Waals surface area contributed by atoms with Gasteiger partial charge in [0.05, 0.1) is 11.0 Å². The summed E-state index contributed by atoms with van der Waals surface area (Å²) in [5.74, 6) is 0.933. The third kappa shape index (κ3) is 10.3. The summed E-state index contributed by atoms with van der Waals surface area (Å²) in [5, 5.41) is 0. The zero-order valence-electron chi connectivity index (χ0n) is 18.2. The second-order valence-electron chi connectivity index (χ2n) is 8.20. The van der Waals surface area contributed by atoms with E-state index in [-0.39, 0.29) is 0 Å². The smallest absolute Gasteiger partial charge is 0.133 e. The minimum absolute atomic E-state index is 0.591. The van der Waals surface area contributed by atoms with Crippen LogP contribution in [0.4, 0.5) is 0 Å². The Labute approximate surface area is 172 Å². The highest BCUT2D eigenvalue weighted by Gasteiger charge is 2.01. The Kier molecular flexibility index (Phi) is 12.7. The molecule has 1 heterocycles. The normalized spacial score (nSPS) is 11.5. The van der Waals surface area contributed by atoms with Crippen LogP contribution in [0.2, 0.25) is 0 Å². The van der Waals surface area contributed by atoms with Gasteiger partial charge in [0.1, 0.15) is 12.4 Å². The Balaban J connectivity index is 1.30. The van der Waals surface area contributed by atoms with Crippen LogP contribution in [0.1, 0.15) is 109 Å². The van der Waals surface area contributed by atoms with E-state index in [1.54, 1.807) is 0 Å². The Morgan fingerprint density at radius 2 is 1.25 bits per heavy atom. The summed E-state index contributed by atoms with van der Waals surface area (Å²) < 4.78 is 5.77. The molecule has 2 aromatic rings. The lowest BCUT2D eigenvalue weighted by atomic mass is 10.0. The first-order valence-electron chi connectivity index (χ1n) is 11.9. The number of rotatable bonds is 18. The van der Waals surface area contributed by atoms with Gasteiger partial charge in [0.25, 0.3) is 0 Å². The van der Waals surface area contributed by atoms with Crippen molar-refractivity contribution in [2.75, 3.05) is 6.61 Å². The van der Waals surface area contributed by atoms with Gasteiger partial charge in [0.2, 0.25) is 0 Å². The molecule has 0 atom stereocenters. The van der Waals surface area contributed by atoms with Crippen molar-refractivity contribution in [1.29, 1.82) is 0 Å². The number of hydrogen-bond donors (Lipinski definition) is 1. The van der Waals surface area contributed by atoms with E-state index in [1.807, 2.05) is 18.2 Å². The van der Waals surface area contributed by atoms with Gasteiger partial charge in [0, 0.05) is 6.61 Å². The number of para-hydroxylation sites is 2. The quantitative estimate of drug-likeness (QED) is 0.264. The molecule has 0 amide bonds. The number of hydrogen-bond acceptors (Lipinski definition) is 2. The van der Waals surface area contributed by atoms with E-state index >= 15 is 0 Å². The minimum atomic E-state index is 0.591. The molecule has 2 rings (SSSR count). The van der Waals surface area contributed by atoms with E-state index in [1.165, 1.54) is 89.9 Å². The lowest BCUT2D eigenvalue weighted by Gasteiger charge is -2.04. The highest BCUT2D eigenvalue weighted by atomic mass is 16.5. The molecular formula is C25H42N2O. The van der Waals surface area contributed by atoms with Gasteiger partial charge in [-0.25, -0.2) is 4.98 Å². The molecule has 3 heteroatoms. The maximum atomic E-state index is 5.77. The Morgan fingerprint density at radius 3 is 1.82 bits per heavy atom. The molecule has 0 saturated heterocycles. The largest absolute Gasteiger partial charge is 0.374 e. The Hall–Kier alpha value is -1.35. The maximum absolute atomic E-state index is 5.77. The molecule has 0 aliphatic heterocycles. The average molecular weight is 387 g/mol. The number of aromatic amines is 1. The number of unbranched alkanes of at least 4 members (excludes halogenated alkanes) is 14. The summed E-state index contributed by atoms with van der Waals surface area (Å²) >= 11 is 0. The van der Waals surface area contributed by atoms with Gasteiger partial charge in [-0.1, -0.05) is 109 Å². The van der Waals surface area contributed by atoms with Crippen LogP contribution in [0.25, 0.3) is 11.0 Å². The molecule has 0 fully saturated rings. The van der Waals surface area contributed by atoms with Gasteiger partial charge < -0.3 is 9.72 Å². The van der Waals surface area contributed by atoms with Gasteiger partial charge in [-0.15, -0.1) is 0 Å². The predicted molar refractivity (Wildman–Crippen MR) is 121 cm³/mol. The molecule has 1 aromatic heterocycles. The van der Waals surface area contributed by atoms with Crippen LogP contribution < -0.4 is 0 Å². The number of benzene rings is 1. The monoisotopic (exact) mass is 386 g/mol. The first-order chi connectivity index (χ1) is 13.9. The first kappa shape index (κ1) is 22.9. The third-order valence-corrected chi connectivity index (χ3v) is 5.57. The van der Waals surface area contributed by atoms with Crippen LogP contribution in [0, 0.1) is 0 Å². The average Bonchev–Trinajstić information content (AvgIpc) is 3.13. The van der Waals surface area contributed by atoms with Crippen molar-refractivity contribution in [2.24, 2.45) is 0 Å². The van der Waals surface area contributed by atoms with Crippen LogP contribution >= 0.6 is 0 Å². The molecule has 28 heavy (non-hydrogen) atoms. The number of aromatic nitrogens is 2. The summed E-state index contributed by atoms with van der Waals surface area (Å²) in [4.78, 5) is 7.86. The molecule has 0 aliphatic rings. The molecule has 0 bridgehead atoms. The van der Waals surface area contributed by atoms with Crippen LogP contribution in [0.5, 0.6) is 0 Å². The zero-order valence-corrected chi connectivity index (χ0v) is 18.2. The molecule has 0 aliphatic carbocycles. The second-order valence-corrected chi connectivity index (χ2v) is 8.20. The lowest BCUT2D eigenvalue weighted by molar-refractivity contribution is 0.112. The molecule has 1 N–H and O–H groups in total.